The highest BCUT2D eigenvalue weighted by molar-refractivity contribution is 9.10. The minimum absolute atomic E-state index is 0.127. The molecule has 0 spiro atoms. The predicted octanol–water partition coefficient (Wildman–Crippen LogP) is 3.88. The van der Waals surface area contributed by atoms with Gasteiger partial charge in [-0.15, -0.1) is 0 Å². The second-order valence-corrected chi connectivity index (χ2v) is 5.44. The Kier molecular flexibility index (Phi) is 5.20. The molecule has 2 aromatic carbocycles. The van der Waals surface area contributed by atoms with Crippen molar-refractivity contribution in [3.8, 4) is 11.5 Å². The molecule has 21 heavy (non-hydrogen) atoms. The Morgan fingerprint density at radius 3 is 2.43 bits per heavy atom. The lowest BCUT2D eigenvalue weighted by molar-refractivity contribution is 0.178. The molecule has 1 N–H and O–H groups in total. The molecule has 0 fully saturated rings. The van der Waals surface area contributed by atoms with Crippen molar-refractivity contribution in [1.29, 1.82) is 0 Å². The van der Waals surface area contributed by atoms with Gasteiger partial charge in [0.15, 0.2) is 11.6 Å². The van der Waals surface area contributed by atoms with Crippen LogP contribution >= 0.6 is 15.9 Å². The highest BCUT2D eigenvalue weighted by Gasteiger charge is 2.13. The molecule has 0 radical (unpaired) electrons. The predicted molar refractivity (Wildman–Crippen MR) is 82.3 cm³/mol. The van der Waals surface area contributed by atoms with Gasteiger partial charge < -0.3 is 14.6 Å². The van der Waals surface area contributed by atoms with Crippen molar-refractivity contribution in [1.82, 2.24) is 0 Å². The first-order valence-electron chi connectivity index (χ1n) is 6.39. The van der Waals surface area contributed by atoms with Gasteiger partial charge in [0, 0.05) is 6.42 Å². The summed E-state index contributed by atoms with van der Waals surface area (Å²) in [5.41, 5.74) is 1.55. The molecule has 0 bridgehead atoms. The Balaban J connectivity index is 2.17. The Morgan fingerprint density at radius 1 is 1.10 bits per heavy atom. The minimum Gasteiger partial charge on any atom is -0.496 e. The summed E-state index contributed by atoms with van der Waals surface area (Å²) in [4.78, 5) is 0. The van der Waals surface area contributed by atoms with Gasteiger partial charge in [-0.3, -0.25) is 0 Å². The smallest absolute Gasteiger partial charge is 0.165 e. The number of ether oxygens (including phenoxy) is 2. The van der Waals surface area contributed by atoms with Gasteiger partial charge in [-0.25, -0.2) is 4.39 Å². The number of hydrogen-bond donors (Lipinski definition) is 1. The molecule has 0 aromatic heterocycles. The maximum absolute atomic E-state index is 13.4. The van der Waals surface area contributed by atoms with Crippen molar-refractivity contribution >= 4 is 15.9 Å². The standard InChI is InChI=1S/C16H16BrFO3/c1-20-15-6-3-10(7-12(15)17)8-14(19)11-4-5-13(18)16(9-11)21-2/h3-7,9,14,19H,8H2,1-2H3. The maximum atomic E-state index is 13.4. The molecule has 0 aliphatic carbocycles. The Morgan fingerprint density at radius 2 is 1.81 bits per heavy atom. The van der Waals surface area contributed by atoms with E-state index in [4.69, 9.17) is 9.47 Å². The molecule has 0 saturated heterocycles. The molecule has 0 saturated carbocycles. The zero-order chi connectivity index (χ0) is 15.4. The number of aliphatic hydroxyl groups is 1. The second kappa shape index (κ2) is 6.91. The number of rotatable bonds is 5. The Bertz CT molecular complexity index is 631. The van der Waals surface area contributed by atoms with Gasteiger partial charge in [0.2, 0.25) is 0 Å². The van der Waals surface area contributed by atoms with E-state index in [2.05, 4.69) is 15.9 Å². The molecule has 0 aliphatic heterocycles. The van der Waals surface area contributed by atoms with Gasteiger partial charge in [0.1, 0.15) is 5.75 Å². The number of benzene rings is 2. The van der Waals surface area contributed by atoms with Crippen LogP contribution in [0.5, 0.6) is 11.5 Å². The molecule has 3 nitrogen and oxygen atoms in total. The van der Waals surface area contributed by atoms with Crippen molar-refractivity contribution in [2.24, 2.45) is 0 Å². The van der Waals surface area contributed by atoms with Crippen LogP contribution in [0.4, 0.5) is 4.39 Å². The lowest BCUT2D eigenvalue weighted by atomic mass is 10.0. The maximum Gasteiger partial charge on any atom is 0.165 e. The van der Waals surface area contributed by atoms with Gasteiger partial charge in [-0.1, -0.05) is 12.1 Å². The topological polar surface area (TPSA) is 38.7 Å². The molecule has 1 atom stereocenters. The Hall–Kier alpha value is -1.59. The fourth-order valence-electron chi connectivity index (χ4n) is 2.06. The number of methoxy groups -OCH3 is 2. The fourth-order valence-corrected chi connectivity index (χ4v) is 2.65. The molecule has 5 heteroatoms. The summed E-state index contributed by atoms with van der Waals surface area (Å²) in [6, 6.07) is 9.97. The first-order chi connectivity index (χ1) is 10.0. The summed E-state index contributed by atoms with van der Waals surface area (Å²) in [7, 11) is 2.99. The zero-order valence-corrected chi connectivity index (χ0v) is 13.4. The average molecular weight is 355 g/mol. The van der Waals surface area contributed by atoms with E-state index in [0.717, 1.165) is 15.8 Å². The highest BCUT2D eigenvalue weighted by Crippen LogP contribution is 2.29. The van der Waals surface area contributed by atoms with Gasteiger partial charge >= 0.3 is 0 Å². The highest BCUT2D eigenvalue weighted by atomic mass is 79.9. The summed E-state index contributed by atoms with van der Waals surface area (Å²) in [5.74, 6) is 0.416. The minimum atomic E-state index is -0.736. The summed E-state index contributed by atoms with van der Waals surface area (Å²) < 4.78 is 24.3. The molecular weight excluding hydrogens is 339 g/mol. The van der Waals surface area contributed by atoms with Gasteiger partial charge in [0.05, 0.1) is 24.8 Å². The third kappa shape index (κ3) is 3.74. The normalized spacial score (nSPS) is 12.0. The van der Waals surface area contributed by atoms with Crippen molar-refractivity contribution < 1.29 is 19.0 Å². The summed E-state index contributed by atoms with van der Waals surface area (Å²) in [6.07, 6.45) is -0.322. The van der Waals surface area contributed by atoms with E-state index in [0.29, 0.717) is 12.0 Å². The fraction of sp³-hybridized carbons (Fsp3) is 0.250. The van der Waals surface area contributed by atoms with Gasteiger partial charge in [-0.2, -0.15) is 0 Å². The average Bonchev–Trinajstić information content (AvgIpc) is 2.48. The van der Waals surface area contributed by atoms with Crippen molar-refractivity contribution in [3.05, 3.63) is 57.8 Å². The van der Waals surface area contributed by atoms with Gasteiger partial charge in [0.25, 0.3) is 0 Å². The van der Waals surface area contributed by atoms with Crippen LogP contribution < -0.4 is 9.47 Å². The van der Waals surface area contributed by atoms with Crippen LogP contribution in [0.1, 0.15) is 17.2 Å². The number of halogens is 2. The van der Waals surface area contributed by atoms with Crippen LogP contribution in [0, 0.1) is 5.82 Å². The van der Waals surface area contributed by atoms with Crippen molar-refractivity contribution in [2.45, 2.75) is 12.5 Å². The third-order valence-electron chi connectivity index (χ3n) is 3.21. The SMILES string of the molecule is COc1cc(C(O)Cc2ccc(OC)c(Br)c2)ccc1F. The summed E-state index contributed by atoms with van der Waals surface area (Å²) in [5, 5.41) is 10.3. The van der Waals surface area contributed by atoms with E-state index in [1.807, 2.05) is 18.2 Å². The van der Waals surface area contributed by atoms with Crippen LogP contribution in [0.15, 0.2) is 40.9 Å². The van der Waals surface area contributed by atoms with Crippen LogP contribution in [-0.4, -0.2) is 19.3 Å². The first kappa shape index (κ1) is 15.8. The van der Waals surface area contributed by atoms with Crippen molar-refractivity contribution in [3.63, 3.8) is 0 Å². The lowest BCUT2D eigenvalue weighted by Crippen LogP contribution is -2.03. The van der Waals surface area contributed by atoms with Crippen molar-refractivity contribution in [2.75, 3.05) is 14.2 Å². The molecule has 0 heterocycles. The monoisotopic (exact) mass is 354 g/mol. The summed E-state index contributed by atoms with van der Waals surface area (Å²) >= 11 is 3.41. The van der Waals surface area contributed by atoms with E-state index in [9.17, 15) is 9.50 Å². The van der Waals surface area contributed by atoms with E-state index >= 15 is 0 Å². The molecule has 112 valence electrons. The number of hydrogen-bond acceptors (Lipinski definition) is 3. The van der Waals surface area contributed by atoms with E-state index < -0.39 is 11.9 Å². The molecule has 0 amide bonds. The van der Waals surface area contributed by atoms with E-state index in [-0.39, 0.29) is 5.75 Å². The molecule has 2 rings (SSSR count). The molecular formula is C16H16BrFO3. The summed E-state index contributed by atoms with van der Waals surface area (Å²) in [6.45, 7) is 0. The van der Waals surface area contributed by atoms with Gasteiger partial charge in [-0.05, 0) is 51.3 Å². The van der Waals surface area contributed by atoms with Crippen LogP contribution in [0.2, 0.25) is 0 Å². The molecule has 0 aliphatic rings. The first-order valence-corrected chi connectivity index (χ1v) is 7.18. The van der Waals surface area contributed by atoms with Crippen LogP contribution in [0.3, 0.4) is 0 Å². The van der Waals surface area contributed by atoms with E-state index in [1.165, 1.54) is 19.2 Å². The third-order valence-corrected chi connectivity index (χ3v) is 3.82. The van der Waals surface area contributed by atoms with E-state index in [1.54, 1.807) is 13.2 Å². The second-order valence-electron chi connectivity index (χ2n) is 4.58. The van der Waals surface area contributed by atoms with Crippen LogP contribution in [0.25, 0.3) is 0 Å². The number of aliphatic hydroxyl groups excluding tert-OH is 1. The Labute approximate surface area is 131 Å². The molecule has 1 unspecified atom stereocenters. The molecule has 2 aromatic rings. The lowest BCUT2D eigenvalue weighted by Gasteiger charge is -2.13. The zero-order valence-electron chi connectivity index (χ0n) is 11.8. The quantitative estimate of drug-likeness (QED) is 0.885. The van der Waals surface area contributed by atoms with Crippen LogP contribution in [-0.2, 0) is 6.42 Å². The largest absolute Gasteiger partial charge is 0.496 e.